The molecule has 0 aromatic heterocycles. The third kappa shape index (κ3) is 3.76. The zero-order valence-corrected chi connectivity index (χ0v) is 13.0. The highest BCUT2D eigenvalue weighted by Gasteiger charge is 2.25. The molecule has 20 heavy (non-hydrogen) atoms. The fourth-order valence-corrected chi connectivity index (χ4v) is 3.16. The number of carbonyl (C=O) groups excluding carboxylic acids is 1. The smallest absolute Gasteiger partial charge is 0.254 e. The number of carbonyl (C=O) groups is 1. The summed E-state index contributed by atoms with van der Waals surface area (Å²) < 4.78 is 0. The molecule has 1 aromatic rings. The van der Waals surface area contributed by atoms with Crippen molar-refractivity contribution in [3.05, 3.63) is 35.4 Å². The first-order valence-corrected chi connectivity index (χ1v) is 8.25. The Balaban J connectivity index is 2.12. The van der Waals surface area contributed by atoms with E-state index in [2.05, 4.69) is 6.92 Å². The van der Waals surface area contributed by atoms with Crippen molar-refractivity contribution in [1.29, 1.82) is 0 Å². The Hall–Kier alpha value is -1.02. The van der Waals surface area contributed by atoms with Crippen molar-refractivity contribution in [2.45, 2.75) is 51.5 Å². The van der Waals surface area contributed by atoms with Crippen LogP contribution >= 0.6 is 11.6 Å². The molecule has 0 aliphatic heterocycles. The Morgan fingerprint density at radius 3 is 2.40 bits per heavy atom. The first-order chi connectivity index (χ1) is 9.76. The molecule has 2 nitrogen and oxygen atoms in total. The highest BCUT2D eigenvalue weighted by atomic mass is 35.5. The van der Waals surface area contributed by atoms with Gasteiger partial charge in [0.2, 0.25) is 0 Å². The normalized spacial score (nSPS) is 16.1. The van der Waals surface area contributed by atoms with Crippen LogP contribution in [-0.2, 0) is 6.42 Å². The summed E-state index contributed by atoms with van der Waals surface area (Å²) in [6.45, 7) is 2.78. The lowest BCUT2D eigenvalue weighted by molar-refractivity contribution is 0.0649. The summed E-state index contributed by atoms with van der Waals surface area (Å²) in [6.07, 6.45) is 7.00. The third-order valence-corrected chi connectivity index (χ3v) is 4.38. The number of halogens is 1. The fourth-order valence-electron chi connectivity index (χ4n) is 2.98. The predicted molar refractivity (Wildman–Crippen MR) is 84.4 cm³/mol. The van der Waals surface area contributed by atoms with Crippen LogP contribution in [0.3, 0.4) is 0 Å². The molecule has 1 amide bonds. The Morgan fingerprint density at radius 2 is 1.85 bits per heavy atom. The molecule has 1 aliphatic rings. The van der Waals surface area contributed by atoms with Crippen molar-refractivity contribution in [3.8, 4) is 0 Å². The minimum Gasteiger partial charge on any atom is -0.334 e. The monoisotopic (exact) mass is 293 g/mol. The molecule has 0 saturated heterocycles. The molecule has 110 valence electrons. The van der Waals surface area contributed by atoms with E-state index in [4.69, 9.17) is 11.6 Å². The van der Waals surface area contributed by atoms with Gasteiger partial charge in [-0.05, 0) is 37.0 Å². The standard InChI is InChI=1S/C17H24ClNO/c1-2-14-8-10-15(11-9-14)17(20)19(13-12-18)16-6-4-3-5-7-16/h8-11,16H,2-7,12-13H2,1H3. The van der Waals surface area contributed by atoms with Crippen LogP contribution in [0.2, 0.25) is 0 Å². The predicted octanol–water partition coefficient (Wildman–Crippen LogP) is 4.26. The maximum absolute atomic E-state index is 12.7. The zero-order valence-electron chi connectivity index (χ0n) is 12.3. The molecule has 0 spiro atoms. The van der Waals surface area contributed by atoms with Crippen LogP contribution < -0.4 is 0 Å². The fraction of sp³-hybridized carbons (Fsp3) is 0.588. The maximum Gasteiger partial charge on any atom is 0.254 e. The van der Waals surface area contributed by atoms with Crippen LogP contribution in [0.1, 0.15) is 54.9 Å². The van der Waals surface area contributed by atoms with Gasteiger partial charge in [-0.1, -0.05) is 38.3 Å². The van der Waals surface area contributed by atoms with E-state index < -0.39 is 0 Å². The molecule has 0 unspecified atom stereocenters. The second-order valence-electron chi connectivity index (χ2n) is 5.53. The van der Waals surface area contributed by atoms with E-state index >= 15 is 0 Å². The van der Waals surface area contributed by atoms with Gasteiger partial charge in [0.15, 0.2) is 0 Å². The minimum absolute atomic E-state index is 0.139. The minimum atomic E-state index is 0.139. The maximum atomic E-state index is 12.7. The summed E-state index contributed by atoms with van der Waals surface area (Å²) in [5.74, 6) is 0.648. The lowest BCUT2D eigenvalue weighted by atomic mass is 9.93. The topological polar surface area (TPSA) is 20.3 Å². The van der Waals surface area contributed by atoms with E-state index in [1.807, 2.05) is 29.2 Å². The number of hydrogen-bond acceptors (Lipinski definition) is 1. The molecule has 0 radical (unpaired) electrons. The van der Waals surface area contributed by atoms with Crippen molar-refractivity contribution >= 4 is 17.5 Å². The van der Waals surface area contributed by atoms with Crippen LogP contribution in [0.25, 0.3) is 0 Å². The highest BCUT2D eigenvalue weighted by Crippen LogP contribution is 2.24. The average molecular weight is 294 g/mol. The second-order valence-corrected chi connectivity index (χ2v) is 5.91. The molecular weight excluding hydrogens is 270 g/mol. The Bertz CT molecular complexity index is 423. The van der Waals surface area contributed by atoms with Crippen molar-refractivity contribution in [2.75, 3.05) is 12.4 Å². The van der Waals surface area contributed by atoms with Crippen molar-refractivity contribution in [3.63, 3.8) is 0 Å². The molecule has 0 N–H and O–H groups in total. The summed E-state index contributed by atoms with van der Waals surface area (Å²) in [4.78, 5) is 14.7. The second kappa shape index (κ2) is 7.68. The van der Waals surface area contributed by atoms with Gasteiger partial charge in [0.1, 0.15) is 0 Å². The summed E-state index contributed by atoms with van der Waals surface area (Å²) >= 11 is 5.90. The van der Waals surface area contributed by atoms with Gasteiger partial charge in [0.05, 0.1) is 0 Å². The molecule has 1 aromatic carbocycles. The van der Waals surface area contributed by atoms with E-state index in [0.29, 0.717) is 18.5 Å². The molecule has 1 fully saturated rings. The van der Waals surface area contributed by atoms with E-state index in [1.165, 1.54) is 24.8 Å². The lowest BCUT2D eigenvalue weighted by Crippen LogP contribution is -2.42. The molecule has 1 aliphatic carbocycles. The Morgan fingerprint density at radius 1 is 1.20 bits per heavy atom. The number of alkyl halides is 1. The SMILES string of the molecule is CCc1ccc(C(=O)N(CCCl)C2CCCCC2)cc1. The molecule has 0 bridgehead atoms. The summed E-state index contributed by atoms with van der Waals surface area (Å²) in [7, 11) is 0. The van der Waals surface area contributed by atoms with Crippen molar-refractivity contribution in [1.82, 2.24) is 4.90 Å². The van der Waals surface area contributed by atoms with E-state index in [9.17, 15) is 4.79 Å². The molecule has 0 atom stereocenters. The number of nitrogens with zero attached hydrogens (tertiary/aromatic N) is 1. The van der Waals surface area contributed by atoms with Gasteiger partial charge in [-0.15, -0.1) is 11.6 Å². The number of aryl methyl sites for hydroxylation is 1. The zero-order chi connectivity index (χ0) is 14.4. The molecule has 3 heteroatoms. The summed E-state index contributed by atoms with van der Waals surface area (Å²) in [5, 5.41) is 0. The van der Waals surface area contributed by atoms with Crippen LogP contribution in [0, 0.1) is 0 Å². The first kappa shape index (κ1) is 15.4. The van der Waals surface area contributed by atoms with E-state index in [0.717, 1.165) is 24.8 Å². The van der Waals surface area contributed by atoms with Crippen LogP contribution in [0.15, 0.2) is 24.3 Å². The first-order valence-electron chi connectivity index (χ1n) is 7.72. The Labute approximate surface area is 127 Å². The van der Waals surface area contributed by atoms with Gasteiger partial charge >= 0.3 is 0 Å². The third-order valence-electron chi connectivity index (χ3n) is 4.21. The largest absolute Gasteiger partial charge is 0.334 e. The average Bonchev–Trinajstić information content (AvgIpc) is 2.53. The van der Waals surface area contributed by atoms with Gasteiger partial charge in [-0.2, -0.15) is 0 Å². The molecule has 0 heterocycles. The molecular formula is C17H24ClNO. The number of benzene rings is 1. The van der Waals surface area contributed by atoms with Gasteiger partial charge in [0.25, 0.3) is 5.91 Å². The van der Waals surface area contributed by atoms with Gasteiger partial charge in [0, 0.05) is 24.0 Å². The number of rotatable bonds is 5. The highest BCUT2D eigenvalue weighted by molar-refractivity contribution is 6.18. The number of hydrogen-bond donors (Lipinski definition) is 0. The van der Waals surface area contributed by atoms with Crippen LogP contribution in [0.5, 0.6) is 0 Å². The van der Waals surface area contributed by atoms with E-state index in [-0.39, 0.29) is 5.91 Å². The quantitative estimate of drug-likeness (QED) is 0.743. The van der Waals surface area contributed by atoms with Gasteiger partial charge in [-0.25, -0.2) is 0 Å². The lowest BCUT2D eigenvalue weighted by Gasteiger charge is -2.34. The summed E-state index contributed by atoms with van der Waals surface area (Å²) in [5.41, 5.74) is 2.06. The van der Waals surface area contributed by atoms with Gasteiger partial charge in [-0.3, -0.25) is 4.79 Å². The Kier molecular flexibility index (Phi) is 5.90. The van der Waals surface area contributed by atoms with E-state index in [1.54, 1.807) is 0 Å². The van der Waals surface area contributed by atoms with Crippen LogP contribution in [0.4, 0.5) is 0 Å². The number of amides is 1. The molecule has 1 saturated carbocycles. The molecule has 2 rings (SSSR count). The van der Waals surface area contributed by atoms with Crippen molar-refractivity contribution < 1.29 is 4.79 Å². The summed E-state index contributed by atoms with van der Waals surface area (Å²) in [6, 6.07) is 8.37. The van der Waals surface area contributed by atoms with Crippen LogP contribution in [-0.4, -0.2) is 29.3 Å². The van der Waals surface area contributed by atoms with Gasteiger partial charge < -0.3 is 4.90 Å². The van der Waals surface area contributed by atoms with Crippen molar-refractivity contribution in [2.24, 2.45) is 0 Å².